The van der Waals surface area contributed by atoms with Gasteiger partial charge in [0.1, 0.15) is 5.75 Å². The molecule has 1 aliphatic rings. The van der Waals surface area contributed by atoms with Crippen molar-refractivity contribution in [3.63, 3.8) is 0 Å². The summed E-state index contributed by atoms with van der Waals surface area (Å²) in [4.78, 5) is 2.38. The van der Waals surface area contributed by atoms with Crippen molar-refractivity contribution < 1.29 is 4.74 Å². The normalized spacial score (nSPS) is 17.7. The van der Waals surface area contributed by atoms with Gasteiger partial charge < -0.3 is 15.4 Å². The molecule has 0 spiro atoms. The Morgan fingerprint density at radius 1 is 1.20 bits per heavy atom. The van der Waals surface area contributed by atoms with Gasteiger partial charge in [-0.25, -0.2) is 0 Å². The third-order valence-corrected chi connectivity index (χ3v) is 4.02. The molecule has 1 unspecified atom stereocenters. The number of nitrogens with zero attached hydrogens (tertiary/aromatic N) is 1. The van der Waals surface area contributed by atoms with E-state index in [9.17, 15) is 0 Å². The predicted molar refractivity (Wildman–Crippen MR) is 83.8 cm³/mol. The number of benzene rings is 2. The number of hydrogen-bond donors (Lipinski definition) is 1. The van der Waals surface area contributed by atoms with E-state index in [1.165, 1.54) is 11.3 Å². The van der Waals surface area contributed by atoms with Gasteiger partial charge in [-0.2, -0.15) is 0 Å². The van der Waals surface area contributed by atoms with Crippen LogP contribution in [0.5, 0.6) is 5.75 Å². The van der Waals surface area contributed by atoms with Crippen molar-refractivity contribution in [2.75, 3.05) is 17.7 Å². The Bertz CT molecular complexity index is 624. The van der Waals surface area contributed by atoms with Gasteiger partial charge in [0.25, 0.3) is 0 Å². The first-order chi connectivity index (χ1) is 9.70. The van der Waals surface area contributed by atoms with Crippen molar-refractivity contribution in [3.05, 3.63) is 48.0 Å². The fraction of sp³-hybridized carbons (Fsp3) is 0.294. The van der Waals surface area contributed by atoms with Crippen LogP contribution in [0.25, 0.3) is 0 Å². The lowest BCUT2D eigenvalue weighted by atomic mass is 9.96. The molecule has 0 aromatic heterocycles. The molecule has 0 aliphatic carbocycles. The number of methoxy groups -OCH3 is 1. The Kier molecular flexibility index (Phi) is 3.26. The Labute approximate surface area is 120 Å². The van der Waals surface area contributed by atoms with Crippen LogP contribution in [0.3, 0.4) is 0 Å². The van der Waals surface area contributed by atoms with E-state index < -0.39 is 0 Å². The Morgan fingerprint density at radius 2 is 2.00 bits per heavy atom. The Balaban J connectivity index is 2.09. The summed E-state index contributed by atoms with van der Waals surface area (Å²) < 4.78 is 5.35. The molecular formula is C17H20N2O. The molecule has 3 heteroatoms. The Morgan fingerprint density at radius 3 is 2.80 bits per heavy atom. The molecule has 0 radical (unpaired) electrons. The summed E-state index contributed by atoms with van der Waals surface area (Å²) in [7, 11) is 1.66. The third kappa shape index (κ3) is 2.09. The van der Waals surface area contributed by atoms with Gasteiger partial charge >= 0.3 is 0 Å². The number of fused-ring (bicyclic) bond motifs is 1. The minimum Gasteiger partial charge on any atom is -0.495 e. The number of nitrogens with two attached hydrogens (primary N) is 1. The average molecular weight is 268 g/mol. The number of ether oxygens (including phenoxy) is 1. The van der Waals surface area contributed by atoms with Gasteiger partial charge in [-0.05, 0) is 43.5 Å². The zero-order chi connectivity index (χ0) is 14.1. The van der Waals surface area contributed by atoms with E-state index in [0.29, 0.717) is 11.7 Å². The molecule has 0 saturated carbocycles. The summed E-state index contributed by atoms with van der Waals surface area (Å²) in [6, 6.07) is 15.1. The van der Waals surface area contributed by atoms with E-state index in [-0.39, 0.29) is 0 Å². The van der Waals surface area contributed by atoms with Gasteiger partial charge in [-0.3, -0.25) is 0 Å². The highest BCUT2D eigenvalue weighted by Gasteiger charge is 2.24. The number of aryl methyl sites for hydroxylation is 1. The van der Waals surface area contributed by atoms with E-state index >= 15 is 0 Å². The summed E-state index contributed by atoms with van der Waals surface area (Å²) in [5.74, 6) is 0.734. The first kappa shape index (κ1) is 12.9. The van der Waals surface area contributed by atoms with E-state index in [0.717, 1.165) is 24.3 Å². The molecule has 2 aromatic rings. The molecule has 1 aliphatic heterocycles. The molecule has 0 bridgehead atoms. The minimum absolute atomic E-state index is 0.471. The summed E-state index contributed by atoms with van der Waals surface area (Å²) in [5.41, 5.74) is 10.4. The van der Waals surface area contributed by atoms with Crippen LogP contribution >= 0.6 is 0 Å². The fourth-order valence-corrected chi connectivity index (χ4v) is 2.93. The number of rotatable bonds is 2. The molecule has 104 valence electrons. The van der Waals surface area contributed by atoms with E-state index in [2.05, 4.69) is 42.2 Å². The summed E-state index contributed by atoms with van der Waals surface area (Å²) in [6.45, 7) is 2.26. The smallest absolute Gasteiger partial charge is 0.143 e. The fourth-order valence-electron chi connectivity index (χ4n) is 2.93. The average Bonchev–Trinajstić information content (AvgIpc) is 2.48. The highest BCUT2D eigenvalue weighted by Crippen LogP contribution is 2.38. The molecule has 0 amide bonds. The van der Waals surface area contributed by atoms with Crippen LogP contribution in [0.1, 0.15) is 18.9 Å². The summed E-state index contributed by atoms with van der Waals surface area (Å²) in [5, 5.41) is 0. The number of nitrogen functional groups attached to an aromatic ring is 1. The monoisotopic (exact) mass is 268 g/mol. The Hall–Kier alpha value is -2.16. The number of para-hydroxylation sites is 1. The zero-order valence-corrected chi connectivity index (χ0v) is 12.0. The van der Waals surface area contributed by atoms with Gasteiger partial charge in [0.2, 0.25) is 0 Å². The highest BCUT2D eigenvalue weighted by atomic mass is 16.5. The van der Waals surface area contributed by atoms with Crippen molar-refractivity contribution in [2.24, 2.45) is 0 Å². The highest BCUT2D eigenvalue weighted by molar-refractivity contribution is 5.72. The SMILES string of the molecule is COc1cc(N2c3ccccc3CCC2C)ccc1N. The zero-order valence-electron chi connectivity index (χ0n) is 12.0. The molecule has 0 saturated heterocycles. The summed E-state index contributed by atoms with van der Waals surface area (Å²) in [6.07, 6.45) is 2.30. The summed E-state index contributed by atoms with van der Waals surface area (Å²) >= 11 is 0. The van der Waals surface area contributed by atoms with E-state index in [1.54, 1.807) is 7.11 Å². The molecular weight excluding hydrogens is 248 g/mol. The maximum atomic E-state index is 5.92. The topological polar surface area (TPSA) is 38.5 Å². The van der Waals surface area contributed by atoms with Gasteiger partial charge in [-0.1, -0.05) is 18.2 Å². The largest absolute Gasteiger partial charge is 0.495 e. The van der Waals surface area contributed by atoms with Gasteiger partial charge in [0.15, 0.2) is 0 Å². The lowest BCUT2D eigenvalue weighted by Gasteiger charge is -2.37. The first-order valence-electron chi connectivity index (χ1n) is 7.01. The van der Waals surface area contributed by atoms with Crippen LogP contribution < -0.4 is 15.4 Å². The maximum absolute atomic E-state index is 5.92. The molecule has 2 aromatic carbocycles. The van der Waals surface area contributed by atoms with Crippen molar-refractivity contribution in [1.82, 2.24) is 0 Å². The van der Waals surface area contributed by atoms with Gasteiger partial charge in [-0.15, -0.1) is 0 Å². The predicted octanol–water partition coefficient (Wildman–Crippen LogP) is 3.75. The first-order valence-corrected chi connectivity index (χ1v) is 7.01. The molecule has 1 atom stereocenters. The van der Waals surface area contributed by atoms with Crippen molar-refractivity contribution in [1.29, 1.82) is 0 Å². The molecule has 20 heavy (non-hydrogen) atoms. The quantitative estimate of drug-likeness (QED) is 0.843. The molecule has 0 fully saturated rings. The van der Waals surface area contributed by atoms with Crippen molar-refractivity contribution >= 4 is 17.1 Å². The maximum Gasteiger partial charge on any atom is 0.143 e. The van der Waals surface area contributed by atoms with Crippen LogP contribution in [-0.4, -0.2) is 13.2 Å². The van der Waals surface area contributed by atoms with Crippen LogP contribution in [0.4, 0.5) is 17.1 Å². The lowest BCUT2D eigenvalue weighted by Crippen LogP contribution is -2.33. The second-order valence-corrected chi connectivity index (χ2v) is 5.31. The number of hydrogen-bond acceptors (Lipinski definition) is 3. The van der Waals surface area contributed by atoms with E-state index in [1.807, 2.05) is 12.1 Å². The van der Waals surface area contributed by atoms with E-state index in [4.69, 9.17) is 10.5 Å². The molecule has 2 N–H and O–H groups in total. The van der Waals surface area contributed by atoms with Crippen LogP contribution in [0, 0.1) is 0 Å². The number of anilines is 3. The van der Waals surface area contributed by atoms with Gasteiger partial charge in [0, 0.05) is 23.5 Å². The molecule has 3 rings (SSSR count). The van der Waals surface area contributed by atoms with Crippen molar-refractivity contribution in [3.8, 4) is 5.75 Å². The second kappa shape index (κ2) is 5.08. The van der Waals surface area contributed by atoms with Crippen molar-refractivity contribution in [2.45, 2.75) is 25.8 Å². The third-order valence-electron chi connectivity index (χ3n) is 4.02. The molecule has 1 heterocycles. The second-order valence-electron chi connectivity index (χ2n) is 5.31. The minimum atomic E-state index is 0.471. The van der Waals surface area contributed by atoms with Crippen LogP contribution in [0.2, 0.25) is 0 Å². The lowest BCUT2D eigenvalue weighted by molar-refractivity contribution is 0.417. The molecule has 3 nitrogen and oxygen atoms in total. The standard InChI is InChI=1S/C17H20N2O/c1-12-7-8-13-5-3-4-6-16(13)19(12)14-9-10-15(18)17(11-14)20-2/h3-6,9-12H,7-8,18H2,1-2H3. The van der Waals surface area contributed by atoms with Gasteiger partial charge in [0.05, 0.1) is 12.8 Å². The van der Waals surface area contributed by atoms with Crippen LogP contribution in [0.15, 0.2) is 42.5 Å². The van der Waals surface area contributed by atoms with Crippen LogP contribution in [-0.2, 0) is 6.42 Å².